The van der Waals surface area contributed by atoms with Crippen LogP contribution >= 0.6 is 22.9 Å². The van der Waals surface area contributed by atoms with Crippen LogP contribution in [0.15, 0.2) is 29.6 Å². The molecule has 21 heavy (non-hydrogen) atoms. The maximum Gasteiger partial charge on any atom is 0.303 e. The molecule has 0 aliphatic heterocycles. The Balaban J connectivity index is 1.98. The van der Waals surface area contributed by atoms with E-state index < -0.39 is 5.97 Å². The topological polar surface area (TPSA) is 79.3 Å². The normalized spacial score (nSPS) is 10.3. The number of thiazole rings is 1. The average Bonchev–Trinajstić information content (AvgIpc) is 2.93. The zero-order valence-corrected chi connectivity index (χ0v) is 12.6. The molecule has 7 heteroatoms. The van der Waals surface area contributed by atoms with Crippen molar-refractivity contribution in [3.05, 3.63) is 40.4 Å². The van der Waals surface area contributed by atoms with E-state index in [1.807, 2.05) is 18.2 Å². The Morgan fingerprint density at radius 3 is 2.81 bits per heavy atom. The first kappa shape index (κ1) is 15.5. The zero-order chi connectivity index (χ0) is 15.2. The molecule has 0 fully saturated rings. The van der Waals surface area contributed by atoms with E-state index in [2.05, 4.69) is 10.3 Å². The van der Waals surface area contributed by atoms with Crippen molar-refractivity contribution in [2.75, 3.05) is 6.54 Å². The number of carbonyl (C=O) groups is 2. The van der Waals surface area contributed by atoms with Gasteiger partial charge in [0, 0.05) is 23.9 Å². The number of carboxylic acids is 1. The zero-order valence-electron chi connectivity index (χ0n) is 11.0. The summed E-state index contributed by atoms with van der Waals surface area (Å²) in [5.41, 5.74) is 1.10. The van der Waals surface area contributed by atoms with Crippen molar-refractivity contribution in [1.29, 1.82) is 0 Å². The fourth-order valence-electron chi connectivity index (χ4n) is 1.67. The van der Waals surface area contributed by atoms with E-state index in [1.165, 1.54) is 11.3 Å². The number of hydrogen-bond acceptors (Lipinski definition) is 4. The Bertz CT molecular complexity index is 657. The Morgan fingerprint density at radius 1 is 1.33 bits per heavy atom. The number of nitrogens with zero attached hydrogens (tertiary/aromatic N) is 1. The van der Waals surface area contributed by atoms with E-state index >= 15 is 0 Å². The van der Waals surface area contributed by atoms with Gasteiger partial charge in [0.05, 0.1) is 5.02 Å². The molecule has 0 atom stereocenters. The van der Waals surface area contributed by atoms with Crippen LogP contribution in [0.5, 0.6) is 0 Å². The largest absolute Gasteiger partial charge is 0.481 e. The number of carboxylic acid groups (broad SMARTS) is 1. The van der Waals surface area contributed by atoms with Crippen molar-refractivity contribution < 1.29 is 14.7 Å². The van der Waals surface area contributed by atoms with Crippen LogP contribution in [-0.2, 0) is 4.79 Å². The lowest BCUT2D eigenvalue weighted by Crippen LogP contribution is -2.25. The minimum Gasteiger partial charge on any atom is -0.481 e. The Hall–Kier alpha value is -1.92. The SMILES string of the molecule is O=C(O)CCCNC(=O)c1csc(-c2ccccc2Cl)n1. The number of nitrogens with one attached hydrogen (secondary N) is 1. The van der Waals surface area contributed by atoms with Crippen LogP contribution < -0.4 is 5.32 Å². The molecule has 1 heterocycles. The van der Waals surface area contributed by atoms with Gasteiger partial charge in [-0.2, -0.15) is 0 Å². The molecule has 2 rings (SSSR count). The van der Waals surface area contributed by atoms with Gasteiger partial charge in [-0.05, 0) is 12.5 Å². The van der Waals surface area contributed by atoms with Crippen LogP contribution in [0.2, 0.25) is 5.02 Å². The second-order valence-electron chi connectivity index (χ2n) is 4.27. The van der Waals surface area contributed by atoms with Crippen LogP contribution in [0.1, 0.15) is 23.3 Å². The van der Waals surface area contributed by atoms with Crippen LogP contribution in [-0.4, -0.2) is 28.5 Å². The minimum absolute atomic E-state index is 0.0300. The number of aromatic nitrogens is 1. The van der Waals surface area contributed by atoms with Gasteiger partial charge >= 0.3 is 5.97 Å². The lowest BCUT2D eigenvalue weighted by atomic mass is 10.2. The van der Waals surface area contributed by atoms with Crippen molar-refractivity contribution in [3.63, 3.8) is 0 Å². The highest BCUT2D eigenvalue weighted by molar-refractivity contribution is 7.13. The van der Waals surface area contributed by atoms with E-state index in [9.17, 15) is 9.59 Å². The quantitative estimate of drug-likeness (QED) is 0.800. The van der Waals surface area contributed by atoms with Gasteiger partial charge in [0.1, 0.15) is 10.7 Å². The molecule has 110 valence electrons. The fraction of sp³-hybridized carbons (Fsp3) is 0.214. The molecule has 0 bridgehead atoms. The highest BCUT2D eigenvalue weighted by Gasteiger charge is 2.13. The summed E-state index contributed by atoms with van der Waals surface area (Å²) in [6, 6.07) is 7.30. The molecular formula is C14H13ClN2O3S. The molecule has 0 radical (unpaired) electrons. The first-order valence-electron chi connectivity index (χ1n) is 6.28. The highest BCUT2D eigenvalue weighted by Crippen LogP contribution is 2.29. The summed E-state index contributed by atoms with van der Waals surface area (Å²) in [6.45, 7) is 0.310. The minimum atomic E-state index is -0.876. The molecule has 0 unspecified atom stereocenters. The first-order valence-corrected chi connectivity index (χ1v) is 7.54. The fourth-order valence-corrected chi connectivity index (χ4v) is 2.79. The average molecular weight is 325 g/mol. The summed E-state index contributed by atoms with van der Waals surface area (Å²) in [6.07, 6.45) is 0.421. The van der Waals surface area contributed by atoms with Crippen molar-refractivity contribution in [1.82, 2.24) is 10.3 Å². The standard InChI is InChI=1S/C14H13ClN2O3S/c15-10-5-2-1-4-9(10)14-17-11(8-21-14)13(20)16-7-3-6-12(18)19/h1-2,4-5,8H,3,6-7H2,(H,16,20)(H,18,19). The number of rotatable bonds is 6. The Morgan fingerprint density at radius 2 is 2.10 bits per heavy atom. The molecule has 0 aliphatic carbocycles. The third kappa shape index (κ3) is 4.27. The van der Waals surface area contributed by atoms with Crippen LogP contribution in [0.4, 0.5) is 0 Å². The van der Waals surface area contributed by atoms with Crippen LogP contribution in [0.25, 0.3) is 10.6 Å². The summed E-state index contributed by atoms with van der Waals surface area (Å²) in [7, 11) is 0. The van der Waals surface area contributed by atoms with Crippen molar-refractivity contribution in [2.24, 2.45) is 0 Å². The maximum atomic E-state index is 11.9. The summed E-state index contributed by atoms with van der Waals surface area (Å²) >= 11 is 7.43. The molecule has 5 nitrogen and oxygen atoms in total. The predicted octanol–water partition coefficient (Wildman–Crippen LogP) is 3.06. The summed E-state index contributed by atoms with van der Waals surface area (Å²) < 4.78 is 0. The molecule has 0 aliphatic rings. The summed E-state index contributed by atoms with van der Waals surface area (Å²) in [5.74, 6) is -1.19. The Kier molecular flexibility index (Phi) is 5.30. The predicted molar refractivity (Wildman–Crippen MR) is 81.8 cm³/mol. The Labute approximate surface area is 130 Å². The molecule has 2 N–H and O–H groups in total. The van der Waals surface area contributed by atoms with Gasteiger partial charge < -0.3 is 10.4 Å². The van der Waals surface area contributed by atoms with E-state index in [1.54, 1.807) is 11.4 Å². The third-order valence-electron chi connectivity index (χ3n) is 2.69. The summed E-state index contributed by atoms with van der Waals surface area (Å²) in [5, 5.41) is 14.1. The van der Waals surface area contributed by atoms with E-state index in [-0.39, 0.29) is 12.3 Å². The van der Waals surface area contributed by atoms with Crippen molar-refractivity contribution in [2.45, 2.75) is 12.8 Å². The molecule has 0 spiro atoms. The van der Waals surface area contributed by atoms with Gasteiger partial charge in [-0.1, -0.05) is 29.8 Å². The third-order valence-corrected chi connectivity index (χ3v) is 3.90. The van der Waals surface area contributed by atoms with E-state index in [4.69, 9.17) is 16.7 Å². The molecule has 2 aromatic rings. The van der Waals surface area contributed by atoms with Crippen molar-refractivity contribution >= 4 is 34.8 Å². The number of benzene rings is 1. The second-order valence-corrected chi connectivity index (χ2v) is 5.54. The molecule has 1 aromatic heterocycles. The van der Waals surface area contributed by atoms with Gasteiger partial charge in [-0.15, -0.1) is 11.3 Å². The second kappa shape index (κ2) is 7.19. The van der Waals surface area contributed by atoms with Gasteiger partial charge in [-0.3, -0.25) is 9.59 Å². The molecular weight excluding hydrogens is 312 g/mol. The number of carbonyl (C=O) groups excluding carboxylic acids is 1. The van der Waals surface area contributed by atoms with Gasteiger partial charge in [0.2, 0.25) is 0 Å². The van der Waals surface area contributed by atoms with E-state index in [0.29, 0.717) is 28.7 Å². The monoisotopic (exact) mass is 324 g/mol. The molecule has 1 amide bonds. The lowest BCUT2D eigenvalue weighted by Gasteiger charge is -2.01. The van der Waals surface area contributed by atoms with Gasteiger partial charge in [-0.25, -0.2) is 4.98 Å². The van der Waals surface area contributed by atoms with Crippen LogP contribution in [0.3, 0.4) is 0 Å². The van der Waals surface area contributed by atoms with Gasteiger partial charge in [0.15, 0.2) is 0 Å². The molecule has 0 saturated heterocycles. The smallest absolute Gasteiger partial charge is 0.303 e. The number of hydrogen-bond donors (Lipinski definition) is 2. The molecule has 0 saturated carbocycles. The number of amides is 1. The van der Waals surface area contributed by atoms with Gasteiger partial charge in [0.25, 0.3) is 5.91 Å². The summed E-state index contributed by atoms with van der Waals surface area (Å²) in [4.78, 5) is 26.5. The number of aliphatic carboxylic acids is 1. The number of halogens is 1. The van der Waals surface area contributed by atoms with Crippen LogP contribution in [0, 0.1) is 0 Å². The van der Waals surface area contributed by atoms with Crippen molar-refractivity contribution in [3.8, 4) is 10.6 Å². The van der Waals surface area contributed by atoms with E-state index in [0.717, 1.165) is 5.56 Å². The lowest BCUT2D eigenvalue weighted by molar-refractivity contribution is -0.137. The first-order chi connectivity index (χ1) is 10.1. The highest BCUT2D eigenvalue weighted by atomic mass is 35.5. The molecule has 1 aromatic carbocycles. The maximum absolute atomic E-state index is 11.9.